The van der Waals surface area contributed by atoms with Crippen molar-refractivity contribution >= 4 is 17.7 Å². The van der Waals surface area contributed by atoms with Crippen molar-refractivity contribution < 1.29 is 34.1 Å². The summed E-state index contributed by atoms with van der Waals surface area (Å²) in [5.74, 6) is -1.10. The number of hydrogen-bond acceptors (Lipinski definition) is 7. The molecule has 0 radical (unpaired) electrons. The lowest BCUT2D eigenvalue weighted by Gasteiger charge is -2.57. The third-order valence-electron chi connectivity index (χ3n) is 7.28. The summed E-state index contributed by atoms with van der Waals surface area (Å²) >= 11 is 0. The lowest BCUT2D eigenvalue weighted by atomic mass is 9.48. The zero-order valence-electron chi connectivity index (χ0n) is 17.5. The highest BCUT2D eigenvalue weighted by atomic mass is 16.6. The second-order valence-electron chi connectivity index (χ2n) is 9.03. The summed E-state index contributed by atoms with van der Waals surface area (Å²) in [5.41, 5.74) is 1.02. The Morgan fingerprint density at radius 1 is 1.28 bits per heavy atom. The van der Waals surface area contributed by atoms with Crippen LogP contribution in [0.5, 0.6) is 0 Å². The van der Waals surface area contributed by atoms with Gasteiger partial charge in [-0.1, -0.05) is 19.4 Å². The topological polar surface area (TPSA) is 110 Å². The lowest BCUT2D eigenvalue weighted by Crippen LogP contribution is -2.56. The number of rotatable bonds is 5. The van der Waals surface area contributed by atoms with Crippen LogP contribution in [-0.4, -0.2) is 46.9 Å². The monoisotopic (exact) mass is 406 g/mol. The zero-order valence-corrected chi connectivity index (χ0v) is 17.5. The number of carbonyl (C=O) groups excluding carboxylic acids is 3. The van der Waals surface area contributed by atoms with Crippen molar-refractivity contribution in [2.75, 3.05) is 6.61 Å². The van der Waals surface area contributed by atoms with Gasteiger partial charge in [0.2, 0.25) is 6.29 Å². The minimum absolute atomic E-state index is 0.0219. The number of allylic oxidation sites excluding steroid dienone is 2. The first-order chi connectivity index (χ1) is 13.5. The van der Waals surface area contributed by atoms with Crippen LogP contribution in [0.3, 0.4) is 0 Å². The standard InChI is InChI=1S/C22H30O7/c1-12-15(6-5-14-9-19(26)29-20(14)27)21(3)8-7-18(25)22(4,11-28-13(2)23)17(21)10-16(12)24/h9,17-19,25-26H,5-8,10-11H2,1-4H3/t17-,18-,19?,21-,22-/m1/s1. The number of hydrogen-bond donors (Lipinski definition) is 2. The maximum Gasteiger partial charge on any atom is 0.336 e. The highest BCUT2D eigenvalue weighted by Gasteiger charge is 2.57. The Kier molecular flexibility index (Phi) is 5.75. The van der Waals surface area contributed by atoms with Crippen molar-refractivity contribution in [1.29, 1.82) is 0 Å². The summed E-state index contributed by atoms with van der Waals surface area (Å²) in [6, 6.07) is 0. The molecule has 0 saturated heterocycles. The number of aliphatic hydroxyl groups excluding tert-OH is 2. The second-order valence-corrected chi connectivity index (χ2v) is 9.03. The van der Waals surface area contributed by atoms with Crippen molar-refractivity contribution in [3.8, 4) is 0 Å². The summed E-state index contributed by atoms with van der Waals surface area (Å²) in [5, 5.41) is 20.3. The normalized spacial score (nSPS) is 37.2. The van der Waals surface area contributed by atoms with Crippen molar-refractivity contribution in [3.05, 3.63) is 22.8 Å². The molecule has 0 amide bonds. The predicted molar refractivity (Wildman–Crippen MR) is 103 cm³/mol. The molecule has 2 N–H and O–H groups in total. The number of esters is 2. The Hall–Kier alpha value is -1.99. The summed E-state index contributed by atoms with van der Waals surface area (Å²) in [6.45, 7) is 7.22. The first-order valence-electron chi connectivity index (χ1n) is 10.1. The van der Waals surface area contributed by atoms with E-state index < -0.39 is 29.7 Å². The van der Waals surface area contributed by atoms with Crippen LogP contribution in [0.2, 0.25) is 0 Å². The van der Waals surface area contributed by atoms with Crippen molar-refractivity contribution in [2.45, 2.75) is 72.2 Å². The van der Waals surface area contributed by atoms with Crippen molar-refractivity contribution in [1.82, 2.24) is 0 Å². The van der Waals surface area contributed by atoms with Crippen LogP contribution < -0.4 is 0 Å². The maximum absolute atomic E-state index is 12.9. The molecule has 1 unspecified atom stereocenters. The molecule has 0 spiro atoms. The molecular weight excluding hydrogens is 376 g/mol. The van der Waals surface area contributed by atoms with Gasteiger partial charge in [0.05, 0.1) is 12.7 Å². The molecule has 1 fully saturated rings. The molecule has 3 rings (SSSR count). The number of carbonyl (C=O) groups is 3. The van der Waals surface area contributed by atoms with Crippen molar-refractivity contribution in [2.24, 2.45) is 16.7 Å². The summed E-state index contributed by atoms with van der Waals surface area (Å²) in [4.78, 5) is 36.1. The van der Waals surface area contributed by atoms with E-state index in [2.05, 4.69) is 6.92 Å². The second kappa shape index (κ2) is 7.69. The van der Waals surface area contributed by atoms with Crippen LogP contribution in [0.25, 0.3) is 0 Å². The Balaban J connectivity index is 1.92. The third-order valence-corrected chi connectivity index (χ3v) is 7.28. The molecule has 0 aromatic carbocycles. The van der Waals surface area contributed by atoms with E-state index in [1.807, 2.05) is 13.8 Å². The van der Waals surface area contributed by atoms with Gasteiger partial charge < -0.3 is 19.7 Å². The van der Waals surface area contributed by atoms with E-state index in [4.69, 9.17) is 9.47 Å². The molecule has 5 atom stereocenters. The van der Waals surface area contributed by atoms with Gasteiger partial charge in [-0.15, -0.1) is 0 Å². The fraction of sp³-hybridized carbons (Fsp3) is 0.682. The number of ether oxygens (including phenoxy) is 2. The van der Waals surface area contributed by atoms with Gasteiger partial charge in [-0.25, -0.2) is 4.79 Å². The summed E-state index contributed by atoms with van der Waals surface area (Å²) in [6.07, 6.45) is 1.94. The van der Waals surface area contributed by atoms with E-state index in [1.54, 1.807) is 0 Å². The van der Waals surface area contributed by atoms with Crippen LogP contribution in [0.4, 0.5) is 0 Å². The van der Waals surface area contributed by atoms with E-state index in [-0.39, 0.29) is 23.7 Å². The van der Waals surface area contributed by atoms with Gasteiger partial charge in [0.15, 0.2) is 5.78 Å². The van der Waals surface area contributed by atoms with E-state index in [9.17, 15) is 24.6 Å². The summed E-state index contributed by atoms with van der Waals surface area (Å²) in [7, 11) is 0. The molecule has 0 aromatic heterocycles. The van der Waals surface area contributed by atoms with Crippen LogP contribution >= 0.6 is 0 Å². The van der Waals surface area contributed by atoms with Crippen LogP contribution in [0, 0.1) is 16.7 Å². The number of ketones is 1. The fourth-order valence-electron chi connectivity index (χ4n) is 5.49. The lowest BCUT2D eigenvalue weighted by molar-refractivity contribution is -0.163. The van der Waals surface area contributed by atoms with Crippen molar-refractivity contribution in [3.63, 3.8) is 0 Å². The molecule has 1 aliphatic heterocycles. The van der Waals surface area contributed by atoms with Crippen LogP contribution in [-0.2, 0) is 23.9 Å². The van der Waals surface area contributed by atoms with Gasteiger partial charge in [-0.3, -0.25) is 9.59 Å². The Morgan fingerprint density at radius 3 is 2.55 bits per heavy atom. The van der Waals surface area contributed by atoms with E-state index in [0.29, 0.717) is 43.3 Å². The van der Waals surface area contributed by atoms with Gasteiger partial charge in [0, 0.05) is 24.3 Å². The van der Waals surface area contributed by atoms with Crippen LogP contribution in [0.1, 0.15) is 59.8 Å². The van der Waals surface area contributed by atoms with E-state index in [0.717, 1.165) is 5.57 Å². The Labute approximate surface area is 170 Å². The summed E-state index contributed by atoms with van der Waals surface area (Å²) < 4.78 is 10.0. The first-order valence-corrected chi connectivity index (χ1v) is 10.1. The number of cyclic esters (lactones) is 1. The minimum Gasteiger partial charge on any atom is -0.465 e. The number of aliphatic hydroxyl groups is 2. The average molecular weight is 406 g/mol. The molecule has 0 aromatic rings. The largest absolute Gasteiger partial charge is 0.465 e. The third kappa shape index (κ3) is 3.78. The molecular formula is C22H30O7. The van der Waals surface area contributed by atoms with Gasteiger partial charge >= 0.3 is 11.9 Å². The highest BCUT2D eigenvalue weighted by molar-refractivity contribution is 5.97. The Bertz CT molecular complexity index is 795. The Morgan fingerprint density at radius 2 is 1.97 bits per heavy atom. The predicted octanol–water partition coefficient (Wildman–Crippen LogP) is 2.20. The van der Waals surface area contributed by atoms with Gasteiger partial charge in [0.25, 0.3) is 0 Å². The molecule has 3 aliphatic rings. The molecule has 7 nitrogen and oxygen atoms in total. The number of fused-ring (bicyclic) bond motifs is 1. The quantitative estimate of drug-likeness (QED) is 0.674. The SMILES string of the molecule is CC(=O)OC[C@@]1(C)[C@H](O)CC[C@]2(C)C(CCC3=CC(O)OC3=O)=C(C)C(=O)C[C@@H]12. The molecule has 160 valence electrons. The minimum atomic E-state index is -1.21. The van der Waals surface area contributed by atoms with Crippen LogP contribution in [0.15, 0.2) is 22.8 Å². The van der Waals surface area contributed by atoms with Gasteiger partial charge in [0.1, 0.15) is 0 Å². The fourth-order valence-corrected chi connectivity index (χ4v) is 5.49. The maximum atomic E-state index is 12.9. The highest BCUT2D eigenvalue weighted by Crippen LogP contribution is 2.60. The molecule has 1 saturated carbocycles. The molecule has 7 heteroatoms. The van der Waals surface area contributed by atoms with Gasteiger partial charge in [-0.05, 0) is 55.6 Å². The first kappa shape index (κ1) is 21.7. The van der Waals surface area contributed by atoms with E-state index in [1.165, 1.54) is 13.0 Å². The molecule has 2 aliphatic carbocycles. The average Bonchev–Trinajstić information content (AvgIpc) is 2.97. The molecule has 1 heterocycles. The number of Topliss-reactive ketones (excluding diaryl/α,β-unsaturated/α-hetero) is 1. The van der Waals surface area contributed by atoms with E-state index >= 15 is 0 Å². The smallest absolute Gasteiger partial charge is 0.336 e. The van der Waals surface area contributed by atoms with Gasteiger partial charge in [-0.2, -0.15) is 0 Å². The molecule has 0 bridgehead atoms. The molecule has 29 heavy (non-hydrogen) atoms. The zero-order chi connectivity index (χ0) is 21.6.